The number of rotatable bonds is 24. The monoisotopic (exact) mass is 783 g/mol. The minimum Gasteiger partial charge on any atom is -0.427 e. The van der Waals surface area contributed by atoms with E-state index >= 15 is 0 Å². The van der Waals surface area contributed by atoms with Crippen molar-refractivity contribution in [3.05, 3.63) is 104 Å². The van der Waals surface area contributed by atoms with E-state index in [0.29, 0.717) is 0 Å². The predicted octanol–water partition coefficient (Wildman–Crippen LogP) is 8.94. The summed E-state index contributed by atoms with van der Waals surface area (Å²) in [5.74, 6) is -0.401. The first-order chi connectivity index (χ1) is 27.7. The van der Waals surface area contributed by atoms with Crippen LogP contribution >= 0.6 is 0 Å². The summed E-state index contributed by atoms with van der Waals surface area (Å²) in [4.78, 5) is 79.7. The smallest absolute Gasteiger partial charge is 0.345 e. The van der Waals surface area contributed by atoms with Crippen LogP contribution in [0.5, 0.6) is 17.2 Å². The molecule has 0 radical (unpaired) electrons. The van der Waals surface area contributed by atoms with Crippen molar-refractivity contribution in [2.75, 3.05) is 0 Å². The van der Waals surface area contributed by atoms with Gasteiger partial charge in [-0.15, -0.1) is 0 Å². The molecule has 1 heterocycles. The second-order valence-corrected chi connectivity index (χ2v) is 14.3. The highest BCUT2D eigenvalue weighted by Gasteiger charge is 2.20. The average molecular weight is 784 g/mol. The molecule has 0 aliphatic carbocycles. The molecular formula is C45H57N3O9. The number of unbranched alkanes of at least 4 members (excludes halogenated alkanes) is 12. The minimum absolute atomic E-state index is 0.126. The predicted molar refractivity (Wildman–Crippen MR) is 220 cm³/mol. The molecule has 3 aromatic carbocycles. The fourth-order valence-electron chi connectivity index (χ4n) is 6.36. The van der Waals surface area contributed by atoms with E-state index < -0.39 is 17.1 Å². The van der Waals surface area contributed by atoms with Gasteiger partial charge in [0, 0.05) is 19.3 Å². The molecule has 12 heteroatoms. The molecule has 1 aromatic heterocycles. The van der Waals surface area contributed by atoms with Crippen molar-refractivity contribution in [2.24, 2.45) is 0 Å². The van der Waals surface area contributed by atoms with Gasteiger partial charge in [-0.3, -0.25) is 14.4 Å². The van der Waals surface area contributed by atoms with Gasteiger partial charge in [0.05, 0.1) is 17.1 Å². The lowest BCUT2D eigenvalue weighted by Crippen LogP contribution is -2.52. The number of nitrogens with zero attached hydrogens (tertiary/aromatic N) is 3. The van der Waals surface area contributed by atoms with E-state index in [0.717, 1.165) is 110 Å². The Labute approximate surface area is 334 Å². The highest BCUT2D eigenvalue weighted by Crippen LogP contribution is 2.19. The summed E-state index contributed by atoms with van der Waals surface area (Å²) in [6.45, 7) is 6.37. The summed E-state index contributed by atoms with van der Waals surface area (Å²) in [5.41, 5.74) is -2.46. The molecule has 12 nitrogen and oxygen atoms in total. The Morgan fingerprint density at radius 1 is 0.368 bits per heavy atom. The van der Waals surface area contributed by atoms with E-state index in [4.69, 9.17) is 14.2 Å². The van der Waals surface area contributed by atoms with Gasteiger partial charge in [-0.05, 0) is 92.1 Å². The number of benzene rings is 3. The van der Waals surface area contributed by atoms with Crippen LogP contribution in [0.25, 0.3) is 17.1 Å². The lowest BCUT2D eigenvalue weighted by Gasteiger charge is -2.15. The second kappa shape index (κ2) is 23.5. The highest BCUT2D eigenvalue weighted by atomic mass is 16.5. The summed E-state index contributed by atoms with van der Waals surface area (Å²) in [6.07, 6.45) is 15.6. The molecular weight excluding hydrogens is 727 g/mol. The van der Waals surface area contributed by atoms with Crippen molar-refractivity contribution < 1.29 is 28.6 Å². The van der Waals surface area contributed by atoms with Gasteiger partial charge < -0.3 is 14.2 Å². The lowest BCUT2D eigenvalue weighted by atomic mass is 10.1. The molecule has 0 saturated heterocycles. The molecule has 0 spiro atoms. The normalized spacial score (nSPS) is 11.0. The maximum Gasteiger partial charge on any atom is 0.345 e. The largest absolute Gasteiger partial charge is 0.427 e. The van der Waals surface area contributed by atoms with Gasteiger partial charge in [0.2, 0.25) is 0 Å². The molecule has 4 aromatic rings. The summed E-state index contributed by atoms with van der Waals surface area (Å²) >= 11 is 0. The fraction of sp³-hybridized carbons (Fsp3) is 0.467. The minimum atomic E-state index is -0.945. The Morgan fingerprint density at radius 3 is 0.825 bits per heavy atom. The van der Waals surface area contributed by atoms with E-state index in [2.05, 4.69) is 20.8 Å². The highest BCUT2D eigenvalue weighted by molar-refractivity contribution is 5.73. The van der Waals surface area contributed by atoms with Gasteiger partial charge in [-0.2, -0.15) is 0 Å². The molecule has 0 amide bonds. The van der Waals surface area contributed by atoms with Gasteiger partial charge in [0.25, 0.3) is 0 Å². The van der Waals surface area contributed by atoms with Crippen LogP contribution in [-0.4, -0.2) is 31.6 Å². The average Bonchev–Trinajstić information content (AvgIpc) is 3.19. The fourth-order valence-corrected chi connectivity index (χ4v) is 6.36. The number of esters is 3. The zero-order chi connectivity index (χ0) is 41.0. The van der Waals surface area contributed by atoms with Crippen LogP contribution in [0.2, 0.25) is 0 Å². The van der Waals surface area contributed by atoms with Crippen molar-refractivity contribution in [2.45, 2.75) is 136 Å². The molecule has 0 N–H and O–H groups in total. The van der Waals surface area contributed by atoms with Crippen molar-refractivity contribution in [3.8, 4) is 34.3 Å². The first-order valence-electron chi connectivity index (χ1n) is 20.6. The van der Waals surface area contributed by atoms with Crippen LogP contribution in [0.4, 0.5) is 0 Å². The maximum absolute atomic E-state index is 14.1. The summed E-state index contributed by atoms with van der Waals surface area (Å²) in [6, 6.07) is 17.7. The molecule has 306 valence electrons. The Bertz CT molecular complexity index is 1800. The summed E-state index contributed by atoms with van der Waals surface area (Å²) in [5, 5.41) is 0. The van der Waals surface area contributed by atoms with E-state index in [1.165, 1.54) is 72.8 Å². The molecule has 0 bridgehead atoms. The molecule has 57 heavy (non-hydrogen) atoms. The Balaban J connectivity index is 1.64. The molecule has 0 saturated carbocycles. The van der Waals surface area contributed by atoms with Gasteiger partial charge >= 0.3 is 35.0 Å². The van der Waals surface area contributed by atoms with Crippen LogP contribution in [0.3, 0.4) is 0 Å². The second-order valence-electron chi connectivity index (χ2n) is 14.3. The Hall–Kier alpha value is -5.52. The zero-order valence-corrected chi connectivity index (χ0v) is 33.7. The van der Waals surface area contributed by atoms with Gasteiger partial charge in [0.1, 0.15) is 17.2 Å². The third-order valence-electron chi connectivity index (χ3n) is 9.58. The van der Waals surface area contributed by atoms with E-state index in [9.17, 15) is 28.8 Å². The number of aromatic nitrogens is 3. The number of carbonyl (C=O) groups excluding carboxylic acids is 3. The quantitative estimate of drug-likeness (QED) is 0.0386. The SMILES string of the molecule is CCCCCCCC(=O)Oc1ccc(-n2c(=O)n(-c3ccc(OC(=O)CCCCCCC)cc3)c(=O)n(-c3ccc(OC(=O)CCCCCCC)cc3)c2=O)cc1. The van der Waals surface area contributed by atoms with Crippen LogP contribution in [0.15, 0.2) is 87.2 Å². The molecule has 0 fully saturated rings. The van der Waals surface area contributed by atoms with E-state index in [-0.39, 0.29) is 71.5 Å². The van der Waals surface area contributed by atoms with E-state index in [1.54, 1.807) is 0 Å². The Kier molecular flexibility index (Phi) is 18.2. The number of hydrogen-bond acceptors (Lipinski definition) is 9. The van der Waals surface area contributed by atoms with Crippen LogP contribution < -0.4 is 31.3 Å². The number of hydrogen-bond donors (Lipinski definition) is 0. The van der Waals surface area contributed by atoms with Crippen LogP contribution in [-0.2, 0) is 14.4 Å². The first kappa shape index (κ1) is 44.2. The van der Waals surface area contributed by atoms with Crippen molar-refractivity contribution in [3.63, 3.8) is 0 Å². The molecule has 4 rings (SSSR count). The topological polar surface area (TPSA) is 145 Å². The molecule has 0 aliphatic heterocycles. The zero-order valence-electron chi connectivity index (χ0n) is 33.7. The van der Waals surface area contributed by atoms with Gasteiger partial charge in [-0.25, -0.2) is 28.1 Å². The molecule has 0 unspecified atom stereocenters. The lowest BCUT2D eigenvalue weighted by molar-refractivity contribution is -0.135. The third kappa shape index (κ3) is 13.6. The van der Waals surface area contributed by atoms with Gasteiger partial charge in [-0.1, -0.05) is 97.8 Å². The molecule has 0 atom stereocenters. The Morgan fingerprint density at radius 2 is 0.596 bits per heavy atom. The maximum atomic E-state index is 14.1. The standard InChI is InChI=1S/C45H57N3O9/c1-4-7-10-13-16-19-40(49)55-37-28-22-34(23-29-37)46-43(52)47(35-24-30-38(31-25-35)56-41(50)20-17-14-11-8-5-2)45(54)48(44(46)53)36-26-32-39(33-27-36)57-42(51)21-18-15-12-9-6-3/h22-33H,4-21H2,1-3H3. The number of ether oxygens (including phenoxy) is 3. The summed E-state index contributed by atoms with van der Waals surface area (Å²) < 4.78 is 19.0. The first-order valence-corrected chi connectivity index (χ1v) is 20.6. The third-order valence-corrected chi connectivity index (χ3v) is 9.58. The molecule has 0 aliphatic rings. The van der Waals surface area contributed by atoms with Crippen molar-refractivity contribution >= 4 is 17.9 Å². The number of carbonyl (C=O) groups is 3. The van der Waals surface area contributed by atoms with Crippen molar-refractivity contribution in [1.82, 2.24) is 13.7 Å². The van der Waals surface area contributed by atoms with Crippen LogP contribution in [0, 0.1) is 0 Å². The summed E-state index contributed by atoms with van der Waals surface area (Å²) in [7, 11) is 0. The van der Waals surface area contributed by atoms with Crippen LogP contribution in [0.1, 0.15) is 136 Å². The van der Waals surface area contributed by atoms with E-state index in [1.807, 2.05) is 0 Å². The van der Waals surface area contributed by atoms with Gasteiger partial charge in [0.15, 0.2) is 0 Å². The van der Waals surface area contributed by atoms with Crippen molar-refractivity contribution in [1.29, 1.82) is 0 Å².